The Morgan fingerprint density at radius 2 is 2.00 bits per heavy atom. The summed E-state index contributed by atoms with van der Waals surface area (Å²) in [4.78, 5) is 38.8. The number of rotatable bonds is 7. The summed E-state index contributed by atoms with van der Waals surface area (Å²) in [5.74, 6) is 0.0691. The predicted octanol–water partition coefficient (Wildman–Crippen LogP) is 5.63. The van der Waals surface area contributed by atoms with Crippen molar-refractivity contribution in [2.75, 3.05) is 25.6 Å². The van der Waals surface area contributed by atoms with Crippen molar-refractivity contribution in [1.29, 1.82) is 0 Å². The lowest BCUT2D eigenvalue weighted by Gasteiger charge is -2.13. The average molecular weight is 699 g/mol. The van der Waals surface area contributed by atoms with E-state index in [1.54, 1.807) is 18.2 Å². The summed E-state index contributed by atoms with van der Waals surface area (Å²) >= 11 is 11.2. The number of hydrogen-bond donors (Lipinski definition) is 1. The van der Waals surface area contributed by atoms with Crippen LogP contribution in [0.3, 0.4) is 0 Å². The molecule has 0 spiro atoms. The number of thioether (sulfide) groups is 1. The van der Waals surface area contributed by atoms with Crippen LogP contribution in [-0.4, -0.2) is 42.2 Å². The van der Waals surface area contributed by atoms with Crippen LogP contribution in [0.5, 0.6) is 11.5 Å². The van der Waals surface area contributed by atoms with Crippen LogP contribution < -0.4 is 14.8 Å². The van der Waals surface area contributed by atoms with Crippen LogP contribution in [0.4, 0.5) is 10.5 Å². The Morgan fingerprint density at radius 3 is 2.66 bits per heavy atom. The van der Waals surface area contributed by atoms with Gasteiger partial charge in [-0.1, -0.05) is 11.6 Å². The van der Waals surface area contributed by atoms with E-state index in [0.29, 0.717) is 34.4 Å². The summed E-state index contributed by atoms with van der Waals surface area (Å²) in [6.07, 6.45) is 1.63. The number of benzene rings is 2. The Labute approximate surface area is 221 Å². The van der Waals surface area contributed by atoms with Crippen LogP contribution in [0.15, 0.2) is 35.2 Å². The second kappa shape index (κ2) is 11.1. The number of methoxy groups -OCH3 is 1. The van der Waals surface area contributed by atoms with Crippen molar-refractivity contribution >= 4 is 97.4 Å². The van der Waals surface area contributed by atoms with Crippen LogP contribution in [0.25, 0.3) is 6.08 Å². The monoisotopic (exact) mass is 698 g/mol. The molecule has 3 amide bonds. The van der Waals surface area contributed by atoms with Gasteiger partial charge in [0.2, 0.25) is 5.91 Å². The molecular weight excluding hydrogens is 682 g/mol. The first-order valence-corrected chi connectivity index (χ1v) is 12.6. The predicted molar refractivity (Wildman–Crippen MR) is 142 cm³/mol. The Kier molecular flexibility index (Phi) is 8.69. The highest BCUT2D eigenvalue weighted by molar-refractivity contribution is 14.1. The Morgan fingerprint density at radius 1 is 1.25 bits per heavy atom. The standard InChI is InChI=1S/C21H17ClI2N2O5S/c1-3-31-19-11(6-12(23)8-15(19)24)7-17-20(28)26(21(29)32-17)10-18(27)25-13-4-5-16(30-2)14(22)9-13/h4-9H,3,10H2,1-2H3,(H,25,27)/b17-7+. The number of hydrogen-bond acceptors (Lipinski definition) is 6. The number of nitrogens with zero attached hydrogens (tertiary/aromatic N) is 1. The van der Waals surface area contributed by atoms with Gasteiger partial charge in [-0.25, -0.2) is 0 Å². The van der Waals surface area contributed by atoms with Gasteiger partial charge < -0.3 is 14.8 Å². The first-order chi connectivity index (χ1) is 15.2. The van der Waals surface area contributed by atoms with Crippen LogP contribution in [0.2, 0.25) is 5.02 Å². The second-order valence-electron chi connectivity index (χ2n) is 6.40. The number of carbonyl (C=O) groups excluding carboxylic acids is 3. The van der Waals surface area contributed by atoms with E-state index in [0.717, 1.165) is 23.8 Å². The number of ether oxygens (including phenoxy) is 2. The minimum atomic E-state index is -0.528. The quantitative estimate of drug-likeness (QED) is 0.298. The zero-order chi connectivity index (χ0) is 23.4. The molecule has 1 saturated heterocycles. The van der Waals surface area contributed by atoms with Crippen LogP contribution in [0.1, 0.15) is 12.5 Å². The smallest absolute Gasteiger partial charge is 0.294 e. The normalized spacial score (nSPS) is 14.8. The topological polar surface area (TPSA) is 84.9 Å². The summed E-state index contributed by atoms with van der Waals surface area (Å²) in [7, 11) is 1.49. The fourth-order valence-electron chi connectivity index (χ4n) is 2.85. The summed E-state index contributed by atoms with van der Waals surface area (Å²) in [5.41, 5.74) is 1.13. The van der Waals surface area contributed by atoms with Crippen LogP contribution in [-0.2, 0) is 9.59 Å². The zero-order valence-electron chi connectivity index (χ0n) is 16.9. The zero-order valence-corrected chi connectivity index (χ0v) is 22.8. The SMILES string of the molecule is CCOc1c(I)cc(I)cc1/C=C1/SC(=O)N(CC(=O)Nc2ccc(OC)c(Cl)c2)C1=O. The minimum absolute atomic E-state index is 0.231. The molecule has 0 atom stereocenters. The van der Waals surface area contributed by atoms with Gasteiger partial charge in [0.05, 0.1) is 27.2 Å². The van der Waals surface area contributed by atoms with Crippen molar-refractivity contribution in [3.05, 3.63) is 53.0 Å². The van der Waals surface area contributed by atoms with E-state index in [2.05, 4.69) is 50.5 Å². The van der Waals surface area contributed by atoms with E-state index < -0.39 is 23.6 Å². The number of imide groups is 1. The molecule has 1 aliphatic heterocycles. The molecule has 168 valence electrons. The number of anilines is 1. The molecule has 7 nitrogen and oxygen atoms in total. The van der Waals surface area contributed by atoms with E-state index in [4.69, 9.17) is 21.1 Å². The van der Waals surface area contributed by atoms with Crippen molar-refractivity contribution in [3.63, 3.8) is 0 Å². The first-order valence-electron chi connectivity index (χ1n) is 9.24. The van der Waals surface area contributed by atoms with Gasteiger partial charge in [-0.05, 0) is 100 Å². The highest BCUT2D eigenvalue weighted by Gasteiger charge is 2.36. The van der Waals surface area contributed by atoms with Gasteiger partial charge in [0.15, 0.2) is 0 Å². The maximum Gasteiger partial charge on any atom is 0.294 e. The number of carbonyl (C=O) groups is 3. The van der Waals surface area contributed by atoms with Crippen molar-refractivity contribution in [3.8, 4) is 11.5 Å². The molecule has 3 rings (SSSR count). The highest BCUT2D eigenvalue weighted by Crippen LogP contribution is 2.36. The van der Waals surface area contributed by atoms with Gasteiger partial charge >= 0.3 is 0 Å². The van der Waals surface area contributed by atoms with E-state index in [-0.39, 0.29) is 4.91 Å². The van der Waals surface area contributed by atoms with Crippen LogP contribution >= 0.6 is 68.5 Å². The largest absolute Gasteiger partial charge is 0.495 e. The summed E-state index contributed by atoms with van der Waals surface area (Å²) < 4.78 is 12.7. The van der Waals surface area contributed by atoms with Crippen LogP contribution in [0, 0.1) is 7.14 Å². The highest BCUT2D eigenvalue weighted by atomic mass is 127. The molecular formula is C21H17ClI2N2O5S. The molecule has 2 aromatic rings. The molecule has 1 heterocycles. The molecule has 0 radical (unpaired) electrons. The number of nitrogens with one attached hydrogen (secondary N) is 1. The molecule has 0 saturated carbocycles. The van der Waals surface area contributed by atoms with Gasteiger partial charge in [-0.2, -0.15) is 0 Å². The molecule has 0 unspecified atom stereocenters. The summed E-state index contributed by atoms with van der Waals surface area (Å²) in [5, 5.41) is 2.45. The second-order valence-corrected chi connectivity index (χ2v) is 10.2. The lowest BCUT2D eigenvalue weighted by Crippen LogP contribution is -2.36. The van der Waals surface area contributed by atoms with E-state index in [1.807, 2.05) is 19.1 Å². The molecule has 11 heteroatoms. The Hall–Kier alpha value is -1.51. The van der Waals surface area contributed by atoms with Gasteiger partial charge in [0, 0.05) is 14.8 Å². The Balaban J connectivity index is 1.76. The average Bonchev–Trinajstić information content (AvgIpc) is 2.98. The van der Waals surface area contributed by atoms with Crippen molar-refractivity contribution in [2.45, 2.75) is 6.92 Å². The molecule has 1 aliphatic rings. The van der Waals surface area contributed by atoms with Gasteiger partial charge in [-0.3, -0.25) is 19.3 Å². The van der Waals surface area contributed by atoms with E-state index in [1.165, 1.54) is 13.2 Å². The summed E-state index contributed by atoms with van der Waals surface area (Å²) in [6.45, 7) is 1.93. The maximum atomic E-state index is 12.8. The fraction of sp³-hybridized carbons (Fsp3) is 0.190. The van der Waals surface area contributed by atoms with Crippen molar-refractivity contribution in [1.82, 2.24) is 4.90 Å². The van der Waals surface area contributed by atoms with Gasteiger partial charge in [0.1, 0.15) is 18.0 Å². The third-order valence-corrected chi connectivity index (χ3v) is 6.85. The molecule has 0 aromatic heterocycles. The molecule has 32 heavy (non-hydrogen) atoms. The molecule has 0 aliphatic carbocycles. The molecule has 1 fully saturated rings. The van der Waals surface area contributed by atoms with Gasteiger partial charge in [-0.15, -0.1) is 0 Å². The minimum Gasteiger partial charge on any atom is -0.495 e. The molecule has 1 N–H and O–H groups in total. The van der Waals surface area contributed by atoms with Crippen molar-refractivity contribution < 1.29 is 23.9 Å². The lowest BCUT2D eigenvalue weighted by molar-refractivity contribution is -0.127. The molecule has 0 bridgehead atoms. The van der Waals surface area contributed by atoms with E-state index >= 15 is 0 Å². The Bertz CT molecular complexity index is 1130. The fourth-order valence-corrected chi connectivity index (χ4v) is 5.98. The summed E-state index contributed by atoms with van der Waals surface area (Å²) in [6, 6.07) is 8.59. The van der Waals surface area contributed by atoms with Crippen molar-refractivity contribution in [2.24, 2.45) is 0 Å². The number of halogens is 3. The van der Waals surface area contributed by atoms with Gasteiger partial charge in [0.25, 0.3) is 11.1 Å². The lowest BCUT2D eigenvalue weighted by atomic mass is 10.2. The number of amides is 3. The third kappa shape index (κ3) is 5.88. The third-order valence-electron chi connectivity index (χ3n) is 4.22. The van der Waals surface area contributed by atoms with E-state index in [9.17, 15) is 14.4 Å². The molecule has 2 aromatic carbocycles. The first kappa shape index (κ1) is 25.1. The maximum absolute atomic E-state index is 12.8.